The lowest BCUT2D eigenvalue weighted by Crippen LogP contribution is -2.36. The van der Waals surface area contributed by atoms with Gasteiger partial charge in [0.25, 0.3) is 0 Å². The monoisotopic (exact) mass is 288 g/mol. The van der Waals surface area contributed by atoms with Crippen LogP contribution in [0.4, 0.5) is 19.1 Å². The van der Waals surface area contributed by atoms with E-state index in [1.165, 1.54) is 0 Å². The highest BCUT2D eigenvalue weighted by Gasteiger charge is 2.33. The first-order valence-corrected chi connectivity index (χ1v) is 6.66. The second-order valence-corrected chi connectivity index (χ2v) is 5.37. The molecule has 1 aromatic heterocycles. The Morgan fingerprint density at radius 1 is 1.35 bits per heavy atom. The molecule has 0 radical (unpaired) electrons. The van der Waals surface area contributed by atoms with E-state index >= 15 is 0 Å². The molecule has 1 aliphatic heterocycles. The second kappa shape index (κ2) is 5.95. The number of piperidine rings is 1. The largest absolute Gasteiger partial charge is 0.433 e. The van der Waals surface area contributed by atoms with E-state index in [2.05, 4.69) is 21.9 Å². The van der Waals surface area contributed by atoms with Gasteiger partial charge in [0.1, 0.15) is 5.69 Å². The maximum Gasteiger partial charge on any atom is 0.433 e. The summed E-state index contributed by atoms with van der Waals surface area (Å²) in [5, 5.41) is 0. The number of hydrogen-bond acceptors (Lipinski definition) is 4. The number of hydrogen-bond donors (Lipinski definition) is 0. The first-order chi connectivity index (χ1) is 9.36. The van der Waals surface area contributed by atoms with Crippen molar-refractivity contribution in [2.75, 3.05) is 38.6 Å². The third kappa shape index (κ3) is 3.82. The number of alkyl halides is 3. The Morgan fingerprint density at radius 2 is 2.00 bits per heavy atom. The van der Waals surface area contributed by atoms with Gasteiger partial charge in [-0.2, -0.15) is 13.2 Å². The Morgan fingerprint density at radius 3 is 2.60 bits per heavy atom. The van der Waals surface area contributed by atoms with E-state index in [4.69, 9.17) is 0 Å². The summed E-state index contributed by atoms with van der Waals surface area (Å²) in [5.74, 6) is 0.619. The third-order valence-corrected chi connectivity index (χ3v) is 3.64. The van der Waals surface area contributed by atoms with Gasteiger partial charge >= 0.3 is 6.18 Å². The predicted octanol–water partition coefficient (Wildman–Crippen LogP) is 2.27. The summed E-state index contributed by atoms with van der Waals surface area (Å²) >= 11 is 0. The Hall–Kier alpha value is -1.37. The molecular weight excluding hydrogens is 269 g/mol. The summed E-state index contributed by atoms with van der Waals surface area (Å²) in [6.07, 6.45) is -1.15. The van der Waals surface area contributed by atoms with Crippen LogP contribution in [0.5, 0.6) is 0 Å². The molecule has 112 valence electrons. The lowest BCUT2D eigenvalue weighted by atomic mass is 9.97. The molecule has 1 aliphatic rings. The molecule has 7 heteroatoms. The molecule has 0 aromatic carbocycles. The Labute approximate surface area is 116 Å². The molecular formula is C13H19F3N4. The smallest absolute Gasteiger partial charge is 0.344 e. The number of nitrogens with zero attached hydrogens (tertiary/aromatic N) is 4. The van der Waals surface area contributed by atoms with Crippen molar-refractivity contribution in [1.82, 2.24) is 14.9 Å². The van der Waals surface area contributed by atoms with Crippen LogP contribution in [0.2, 0.25) is 0 Å². The average Bonchev–Trinajstić information content (AvgIpc) is 2.40. The van der Waals surface area contributed by atoms with E-state index in [0.717, 1.165) is 38.2 Å². The topological polar surface area (TPSA) is 32.3 Å². The molecule has 0 spiro atoms. The minimum absolute atomic E-state index is 0.138. The van der Waals surface area contributed by atoms with Crippen molar-refractivity contribution in [3.63, 3.8) is 0 Å². The molecule has 20 heavy (non-hydrogen) atoms. The van der Waals surface area contributed by atoms with Crippen molar-refractivity contribution in [2.45, 2.75) is 19.0 Å². The van der Waals surface area contributed by atoms with Gasteiger partial charge in [-0.05, 0) is 45.0 Å². The van der Waals surface area contributed by atoms with Crippen molar-refractivity contribution >= 4 is 5.95 Å². The molecule has 2 heterocycles. The molecule has 1 aromatic rings. The van der Waals surface area contributed by atoms with Crippen molar-refractivity contribution in [3.8, 4) is 0 Å². The summed E-state index contributed by atoms with van der Waals surface area (Å²) in [7, 11) is 3.82. The van der Waals surface area contributed by atoms with Gasteiger partial charge in [-0.15, -0.1) is 0 Å². The first kappa shape index (κ1) is 15.0. The molecule has 0 unspecified atom stereocenters. The third-order valence-electron chi connectivity index (χ3n) is 3.64. The van der Waals surface area contributed by atoms with Gasteiger partial charge in [0.15, 0.2) is 0 Å². The lowest BCUT2D eigenvalue weighted by molar-refractivity contribution is -0.141. The van der Waals surface area contributed by atoms with Gasteiger partial charge in [-0.3, -0.25) is 0 Å². The van der Waals surface area contributed by atoms with E-state index in [-0.39, 0.29) is 5.95 Å². The van der Waals surface area contributed by atoms with Crippen molar-refractivity contribution < 1.29 is 13.2 Å². The standard InChI is InChI=1S/C13H19F3N4/c1-19-7-4-10(5-8-19)9-20(2)12-17-6-3-11(18-12)13(14,15)16/h3,6,10H,4-5,7-9H2,1-2H3. The molecule has 0 saturated carbocycles. The van der Waals surface area contributed by atoms with E-state index in [1.807, 2.05) is 0 Å². The number of halogens is 3. The fourth-order valence-corrected chi connectivity index (χ4v) is 2.40. The zero-order valence-electron chi connectivity index (χ0n) is 11.7. The molecule has 0 amide bonds. The highest BCUT2D eigenvalue weighted by Crippen LogP contribution is 2.28. The van der Waals surface area contributed by atoms with Crippen LogP contribution in [-0.4, -0.2) is 48.6 Å². The van der Waals surface area contributed by atoms with Gasteiger partial charge in [0, 0.05) is 19.8 Å². The average molecular weight is 288 g/mol. The van der Waals surface area contributed by atoms with E-state index < -0.39 is 11.9 Å². The molecule has 0 bridgehead atoms. The summed E-state index contributed by atoms with van der Waals surface area (Å²) in [6, 6.07) is 0.896. The van der Waals surface area contributed by atoms with Crippen LogP contribution >= 0.6 is 0 Å². The summed E-state index contributed by atoms with van der Waals surface area (Å²) in [5.41, 5.74) is -0.891. The minimum atomic E-state index is -4.42. The zero-order valence-corrected chi connectivity index (χ0v) is 11.7. The number of anilines is 1. The van der Waals surface area contributed by atoms with Gasteiger partial charge in [-0.1, -0.05) is 0 Å². The Kier molecular flexibility index (Phi) is 4.47. The molecule has 2 rings (SSSR count). The Balaban J connectivity index is 2.00. The van der Waals surface area contributed by atoms with Crippen LogP contribution in [0.25, 0.3) is 0 Å². The zero-order chi connectivity index (χ0) is 14.8. The fraction of sp³-hybridized carbons (Fsp3) is 0.692. The van der Waals surface area contributed by atoms with Crippen LogP contribution in [0.3, 0.4) is 0 Å². The highest BCUT2D eigenvalue weighted by molar-refractivity contribution is 5.29. The predicted molar refractivity (Wildman–Crippen MR) is 70.5 cm³/mol. The van der Waals surface area contributed by atoms with E-state index in [1.54, 1.807) is 11.9 Å². The van der Waals surface area contributed by atoms with Gasteiger partial charge < -0.3 is 9.80 Å². The van der Waals surface area contributed by atoms with E-state index in [0.29, 0.717) is 12.5 Å². The van der Waals surface area contributed by atoms with Crippen LogP contribution in [0, 0.1) is 5.92 Å². The molecule has 4 nitrogen and oxygen atoms in total. The second-order valence-electron chi connectivity index (χ2n) is 5.37. The first-order valence-electron chi connectivity index (χ1n) is 6.66. The normalized spacial score (nSPS) is 18.2. The molecule has 0 N–H and O–H groups in total. The maximum absolute atomic E-state index is 12.6. The summed E-state index contributed by atoms with van der Waals surface area (Å²) in [4.78, 5) is 11.5. The summed E-state index contributed by atoms with van der Waals surface area (Å²) in [6.45, 7) is 2.75. The van der Waals surface area contributed by atoms with Crippen LogP contribution in [0.1, 0.15) is 18.5 Å². The quantitative estimate of drug-likeness (QED) is 0.854. The van der Waals surface area contributed by atoms with Gasteiger partial charge in [-0.25, -0.2) is 9.97 Å². The summed E-state index contributed by atoms with van der Waals surface area (Å²) < 4.78 is 37.9. The molecule has 0 atom stereocenters. The SMILES string of the molecule is CN1CCC(CN(C)c2nccc(C(F)(F)F)n2)CC1. The number of aromatic nitrogens is 2. The molecule has 0 aliphatic carbocycles. The number of likely N-dealkylation sites (tertiary alicyclic amines) is 1. The van der Waals surface area contributed by atoms with Crippen LogP contribution in [-0.2, 0) is 6.18 Å². The highest BCUT2D eigenvalue weighted by atomic mass is 19.4. The maximum atomic E-state index is 12.6. The van der Waals surface area contributed by atoms with Gasteiger partial charge in [0.2, 0.25) is 5.95 Å². The van der Waals surface area contributed by atoms with Crippen molar-refractivity contribution in [1.29, 1.82) is 0 Å². The molecule has 1 saturated heterocycles. The minimum Gasteiger partial charge on any atom is -0.344 e. The number of rotatable bonds is 3. The van der Waals surface area contributed by atoms with Crippen molar-refractivity contribution in [2.24, 2.45) is 5.92 Å². The van der Waals surface area contributed by atoms with Crippen molar-refractivity contribution in [3.05, 3.63) is 18.0 Å². The lowest BCUT2D eigenvalue weighted by Gasteiger charge is -2.31. The molecule has 1 fully saturated rings. The van der Waals surface area contributed by atoms with E-state index in [9.17, 15) is 13.2 Å². The Bertz CT molecular complexity index is 441. The fourth-order valence-electron chi connectivity index (χ4n) is 2.40. The van der Waals surface area contributed by atoms with Crippen LogP contribution < -0.4 is 4.90 Å². The van der Waals surface area contributed by atoms with Crippen LogP contribution in [0.15, 0.2) is 12.3 Å². The van der Waals surface area contributed by atoms with Gasteiger partial charge in [0.05, 0.1) is 0 Å².